The number of hydrogen-bond donors (Lipinski definition) is 2. The lowest BCUT2D eigenvalue weighted by molar-refractivity contribution is -0.385. The van der Waals surface area contributed by atoms with Gasteiger partial charge in [-0.2, -0.15) is 0 Å². The summed E-state index contributed by atoms with van der Waals surface area (Å²) in [5, 5.41) is 17.1. The number of halogens is 1. The van der Waals surface area contributed by atoms with Crippen LogP contribution in [-0.2, 0) is 4.79 Å². The number of thiocarbonyl (C=S) groups is 1. The molecule has 0 spiro atoms. The third kappa shape index (κ3) is 5.51. The van der Waals surface area contributed by atoms with Crippen LogP contribution in [0.1, 0.15) is 23.7 Å². The zero-order valence-corrected chi connectivity index (χ0v) is 18.9. The molecule has 168 valence electrons. The Kier molecular flexibility index (Phi) is 7.60. The van der Waals surface area contributed by atoms with Crippen molar-refractivity contribution in [3.05, 3.63) is 63.2 Å². The van der Waals surface area contributed by atoms with Crippen LogP contribution in [-0.4, -0.2) is 52.9 Å². The van der Waals surface area contributed by atoms with Crippen molar-refractivity contribution >= 4 is 57.8 Å². The third-order valence-electron chi connectivity index (χ3n) is 5.05. The van der Waals surface area contributed by atoms with E-state index in [-0.39, 0.29) is 22.3 Å². The number of anilines is 2. The van der Waals surface area contributed by atoms with Crippen LogP contribution in [0.15, 0.2) is 42.5 Å². The minimum Gasteiger partial charge on any atom is -0.366 e. The monoisotopic (exact) mass is 475 g/mol. The van der Waals surface area contributed by atoms with E-state index in [1.54, 1.807) is 12.1 Å². The SMILES string of the molecule is CCC(=O)N1CCN(c2ccc(Cl)cc2NC(=S)NC(=O)c2ccccc2[N+](=O)[O-])CC1. The number of benzene rings is 2. The van der Waals surface area contributed by atoms with E-state index in [0.29, 0.717) is 43.3 Å². The highest BCUT2D eigenvalue weighted by molar-refractivity contribution is 7.80. The number of nitrogens with zero attached hydrogens (tertiary/aromatic N) is 3. The highest BCUT2D eigenvalue weighted by atomic mass is 35.5. The molecule has 1 aliphatic rings. The normalized spacial score (nSPS) is 13.4. The molecule has 2 amide bonds. The third-order valence-corrected chi connectivity index (χ3v) is 5.49. The van der Waals surface area contributed by atoms with Gasteiger partial charge in [-0.3, -0.25) is 25.0 Å². The molecule has 2 aromatic rings. The van der Waals surface area contributed by atoms with Crippen LogP contribution in [0.2, 0.25) is 5.02 Å². The van der Waals surface area contributed by atoms with E-state index in [2.05, 4.69) is 15.5 Å². The minimum atomic E-state index is -0.690. The molecular weight excluding hydrogens is 454 g/mol. The van der Waals surface area contributed by atoms with Crippen LogP contribution in [0.25, 0.3) is 0 Å². The summed E-state index contributed by atoms with van der Waals surface area (Å²) in [6, 6.07) is 10.9. The number of nitro groups is 1. The molecule has 32 heavy (non-hydrogen) atoms. The van der Waals surface area contributed by atoms with Crippen molar-refractivity contribution in [1.82, 2.24) is 10.2 Å². The first kappa shape index (κ1) is 23.4. The Bertz CT molecular complexity index is 1060. The van der Waals surface area contributed by atoms with Gasteiger partial charge in [-0.15, -0.1) is 0 Å². The second-order valence-corrected chi connectivity index (χ2v) is 7.91. The number of carbonyl (C=O) groups excluding carboxylic acids is 2. The van der Waals surface area contributed by atoms with E-state index in [9.17, 15) is 19.7 Å². The average molecular weight is 476 g/mol. The molecule has 0 radical (unpaired) electrons. The second-order valence-electron chi connectivity index (χ2n) is 7.07. The fraction of sp³-hybridized carbons (Fsp3) is 0.286. The van der Waals surface area contributed by atoms with Crippen LogP contribution in [0.4, 0.5) is 17.1 Å². The van der Waals surface area contributed by atoms with Gasteiger partial charge in [0.05, 0.1) is 16.3 Å². The second kappa shape index (κ2) is 10.4. The Morgan fingerprint density at radius 2 is 1.84 bits per heavy atom. The van der Waals surface area contributed by atoms with Gasteiger partial charge in [-0.05, 0) is 36.5 Å². The van der Waals surface area contributed by atoms with Crippen molar-refractivity contribution in [1.29, 1.82) is 0 Å². The first-order valence-electron chi connectivity index (χ1n) is 9.98. The largest absolute Gasteiger partial charge is 0.366 e. The summed E-state index contributed by atoms with van der Waals surface area (Å²) in [6.07, 6.45) is 0.474. The molecule has 2 aromatic carbocycles. The number of rotatable bonds is 5. The molecule has 3 rings (SSSR count). The van der Waals surface area contributed by atoms with Crippen molar-refractivity contribution in [2.24, 2.45) is 0 Å². The van der Waals surface area contributed by atoms with Gasteiger partial charge in [0, 0.05) is 43.7 Å². The van der Waals surface area contributed by atoms with Crippen molar-refractivity contribution in [2.75, 3.05) is 36.4 Å². The highest BCUT2D eigenvalue weighted by Gasteiger charge is 2.23. The lowest BCUT2D eigenvalue weighted by Crippen LogP contribution is -2.48. The molecule has 1 fully saturated rings. The highest BCUT2D eigenvalue weighted by Crippen LogP contribution is 2.30. The van der Waals surface area contributed by atoms with Crippen molar-refractivity contribution in [2.45, 2.75) is 13.3 Å². The Labute approximate surface area is 195 Å². The predicted octanol–water partition coefficient (Wildman–Crippen LogP) is 3.43. The fourth-order valence-electron chi connectivity index (χ4n) is 3.45. The summed E-state index contributed by atoms with van der Waals surface area (Å²) >= 11 is 11.4. The fourth-order valence-corrected chi connectivity index (χ4v) is 3.83. The number of amides is 2. The van der Waals surface area contributed by atoms with Gasteiger partial charge >= 0.3 is 0 Å². The van der Waals surface area contributed by atoms with Crippen LogP contribution >= 0.6 is 23.8 Å². The first-order chi connectivity index (χ1) is 15.3. The van der Waals surface area contributed by atoms with Gasteiger partial charge in [0.1, 0.15) is 5.56 Å². The van der Waals surface area contributed by atoms with Crippen LogP contribution < -0.4 is 15.5 Å². The molecule has 0 aliphatic carbocycles. The molecule has 1 aliphatic heterocycles. The van der Waals surface area contributed by atoms with Gasteiger partial charge in [0.2, 0.25) is 5.91 Å². The number of carbonyl (C=O) groups is 2. The summed E-state index contributed by atoms with van der Waals surface area (Å²) in [7, 11) is 0. The summed E-state index contributed by atoms with van der Waals surface area (Å²) in [5.41, 5.74) is 1.00. The summed E-state index contributed by atoms with van der Waals surface area (Å²) < 4.78 is 0. The van der Waals surface area contributed by atoms with Crippen LogP contribution in [0, 0.1) is 10.1 Å². The van der Waals surface area contributed by atoms with Gasteiger partial charge in [-0.1, -0.05) is 30.7 Å². The number of nitro benzene ring substituents is 1. The Hall–Kier alpha value is -3.24. The molecule has 2 N–H and O–H groups in total. The maximum atomic E-state index is 12.5. The van der Waals surface area contributed by atoms with Crippen LogP contribution in [0.5, 0.6) is 0 Å². The predicted molar refractivity (Wildman–Crippen MR) is 127 cm³/mol. The lowest BCUT2D eigenvalue weighted by Gasteiger charge is -2.37. The Morgan fingerprint density at radius 1 is 1.16 bits per heavy atom. The summed E-state index contributed by atoms with van der Waals surface area (Å²) in [4.78, 5) is 39.0. The van der Waals surface area contributed by atoms with E-state index in [1.807, 2.05) is 17.9 Å². The topological polar surface area (TPSA) is 108 Å². The smallest absolute Gasteiger partial charge is 0.282 e. The molecule has 11 heteroatoms. The van der Waals surface area contributed by atoms with E-state index in [0.717, 1.165) is 5.69 Å². The molecule has 0 aromatic heterocycles. The van der Waals surface area contributed by atoms with Gasteiger partial charge in [0.15, 0.2) is 5.11 Å². The zero-order chi connectivity index (χ0) is 23.3. The standard InChI is InChI=1S/C21H22ClN5O4S/c1-2-19(28)26-11-9-25(10-12-26)18-8-7-14(22)13-16(18)23-21(32)24-20(29)15-5-3-4-6-17(15)27(30)31/h3-8,13H,2,9-12H2,1H3,(H2,23,24,29,32). The van der Waals surface area contributed by atoms with Gasteiger partial charge < -0.3 is 15.1 Å². The molecule has 9 nitrogen and oxygen atoms in total. The number of nitrogens with one attached hydrogen (secondary N) is 2. The van der Waals surface area contributed by atoms with Gasteiger partial charge in [-0.25, -0.2) is 0 Å². The quantitative estimate of drug-likeness (QED) is 0.387. The average Bonchev–Trinajstić information content (AvgIpc) is 2.78. The molecule has 0 atom stereocenters. The Morgan fingerprint density at radius 3 is 2.50 bits per heavy atom. The van der Waals surface area contributed by atoms with Crippen molar-refractivity contribution < 1.29 is 14.5 Å². The molecule has 0 bridgehead atoms. The lowest BCUT2D eigenvalue weighted by atomic mass is 10.1. The molecule has 0 saturated carbocycles. The molecule has 1 heterocycles. The van der Waals surface area contributed by atoms with E-state index in [1.165, 1.54) is 24.3 Å². The zero-order valence-electron chi connectivity index (χ0n) is 17.3. The van der Waals surface area contributed by atoms with Gasteiger partial charge in [0.25, 0.3) is 11.6 Å². The molecule has 1 saturated heterocycles. The van der Waals surface area contributed by atoms with Crippen LogP contribution in [0.3, 0.4) is 0 Å². The first-order valence-corrected chi connectivity index (χ1v) is 10.8. The number of piperazine rings is 1. The summed E-state index contributed by atoms with van der Waals surface area (Å²) in [6.45, 7) is 4.32. The van der Waals surface area contributed by atoms with E-state index >= 15 is 0 Å². The number of hydrogen-bond acceptors (Lipinski definition) is 6. The van der Waals surface area contributed by atoms with Crippen molar-refractivity contribution in [3.63, 3.8) is 0 Å². The Balaban J connectivity index is 1.72. The number of para-hydroxylation sites is 1. The van der Waals surface area contributed by atoms with E-state index < -0.39 is 10.8 Å². The van der Waals surface area contributed by atoms with Crippen molar-refractivity contribution in [3.8, 4) is 0 Å². The van der Waals surface area contributed by atoms with E-state index in [4.69, 9.17) is 23.8 Å². The maximum Gasteiger partial charge on any atom is 0.282 e. The summed E-state index contributed by atoms with van der Waals surface area (Å²) in [5.74, 6) is -0.567. The molecule has 0 unspecified atom stereocenters. The minimum absolute atomic E-state index is 0.0172. The maximum absolute atomic E-state index is 12.5. The molecular formula is C21H22ClN5O4S.